The lowest BCUT2D eigenvalue weighted by molar-refractivity contribution is -0.113. The van der Waals surface area contributed by atoms with E-state index in [4.69, 9.17) is 14.2 Å². The molecule has 31 heavy (non-hydrogen) atoms. The molecule has 0 saturated heterocycles. The van der Waals surface area contributed by atoms with Gasteiger partial charge in [-0.25, -0.2) is 9.38 Å². The third-order valence-corrected chi connectivity index (χ3v) is 5.01. The van der Waals surface area contributed by atoms with E-state index in [1.165, 1.54) is 11.0 Å². The number of nitrogens with zero attached hydrogens (tertiary/aromatic N) is 2. The van der Waals surface area contributed by atoms with Gasteiger partial charge in [-0.3, -0.25) is 9.69 Å². The van der Waals surface area contributed by atoms with Crippen LogP contribution in [0.5, 0.6) is 17.2 Å². The second-order valence-corrected chi connectivity index (χ2v) is 6.90. The molecule has 0 aromatic heterocycles. The summed E-state index contributed by atoms with van der Waals surface area (Å²) in [5.74, 6) is 1.30. The zero-order valence-corrected chi connectivity index (χ0v) is 16.5. The normalized spacial score (nSPS) is 16.1. The van der Waals surface area contributed by atoms with Crippen molar-refractivity contribution >= 4 is 23.5 Å². The minimum atomic E-state index is -0.461. The maximum Gasteiger partial charge on any atom is 0.282 e. The Labute approximate surface area is 177 Å². The van der Waals surface area contributed by atoms with Crippen LogP contribution in [0, 0.1) is 5.82 Å². The molecule has 154 valence electrons. The summed E-state index contributed by atoms with van der Waals surface area (Å²) >= 11 is 0. The number of amidine groups is 1. The Morgan fingerprint density at radius 1 is 1.03 bits per heavy atom. The van der Waals surface area contributed by atoms with Crippen molar-refractivity contribution in [2.45, 2.75) is 0 Å². The van der Waals surface area contributed by atoms with Crippen molar-refractivity contribution in [2.24, 2.45) is 4.99 Å². The van der Waals surface area contributed by atoms with Crippen LogP contribution in [0.1, 0.15) is 11.1 Å². The molecule has 7 heteroatoms. The number of aliphatic imine (C=N–C) groups is 1. The van der Waals surface area contributed by atoms with Gasteiger partial charge in [-0.05, 0) is 60.2 Å². The Hall–Kier alpha value is -4.13. The number of hydrogen-bond acceptors (Lipinski definition) is 5. The van der Waals surface area contributed by atoms with Gasteiger partial charge in [0.15, 0.2) is 17.3 Å². The van der Waals surface area contributed by atoms with Crippen molar-refractivity contribution in [1.29, 1.82) is 0 Å². The minimum absolute atomic E-state index is 0.162. The van der Waals surface area contributed by atoms with Gasteiger partial charge in [-0.1, -0.05) is 18.2 Å². The summed E-state index contributed by atoms with van der Waals surface area (Å²) in [4.78, 5) is 19.2. The third-order valence-electron chi connectivity index (χ3n) is 5.01. The molecule has 0 saturated carbocycles. The number of methoxy groups -OCH3 is 1. The maximum absolute atomic E-state index is 14.6. The van der Waals surface area contributed by atoms with E-state index in [0.717, 1.165) is 5.56 Å². The summed E-state index contributed by atoms with van der Waals surface area (Å²) in [5, 5.41) is 0. The molecule has 2 aliphatic rings. The van der Waals surface area contributed by atoms with Crippen molar-refractivity contribution in [3.05, 3.63) is 89.4 Å². The van der Waals surface area contributed by atoms with Gasteiger partial charge in [0.25, 0.3) is 5.91 Å². The number of benzene rings is 3. The molecule has 0 fully saturated rings. The second kappa shape index (κ2) is 7.60. The average Bonchev–Trinajstić information content (AvgIpc) is 3.38. The van der Waals surface area contributed by atoms with Crippen LogP contribution in [-0.4, -0.2) is 25.6 Å². The molecule has 0 atom stereocenters. The smallest absolute Gasteiger partial charge is 0.282 e. The second-order valence-electron chi connectivity index (χ2n) is 6.90. The molecule has 3 aromatic rings. The Balaban J connectivity index is 1.60. The molecule has 5 rings (SSSR count). The first-order valence-electron chi connectivity index (χ1n) is 9.57. The number of rotatable bonds is 4. The first-order valence-corrected chi connectivity index (χ1v) is 9.57. The van der Waals surface area contributed by atoms with Gasteiger partial charge >= 0.3 is 0 Å². The van der Waals surface area contributed by atoms with E-state index in [9.17, 15) is 9.18 Å². The van der Waals surface area contributed by atoms with Crippen LogP contribution in [0.4, 0.5) is 10.1 Å². The molecule has 0 spiro atoms. The van der Waals surface area contributed by atoms with Crippen molar-refractivity contribution in [3.63, 3.8) is 0 Å². The zero-order chi connectivity index (χ0) is 21.4. The maximum atomic E-state index is 14.6. The quantitative estimate of drug-likeness (QED) is 0.592. The van der Waals surface area contributed by atoms with Crippen molar-refractivity contribution in [3.8, 4) is 17.2 Å². The van der Waals surface area contributed by atoms with Crippen LogP contribution in [0.2, 0.25) is 0 Å². The van der Waals surface area contributed by atoms with E-state index in [-0.39, 0.29) is 29.8 Å². The minimum Gasteiger partial charge on any atom is -0.497 e. The van der Waals surface area contributed by atoms with Crippen LogP contribution in [-0.2, 0) is 4.79 Å². The van der Waals surface area contributed by atoms with E-state index in [1.54, 1.807) is 67.8 Å². The van der Waals surface area contributed by atoms with Crippen LogP contribution < -0.4 is 19.1 Å². The molecule has 0 unspecified atom stereocenters. The fraction of sp³-hybridized carbons (Fsp3) is 0.0833. The number of amides is 1. The number of ether oxygens (including phenoxy) is 3. The topological polar surface area (TPSA) is 60.4 Å². The van der Waals surface area contributed by atoms with Gasteiger partial charge in [-0.15, -0.1) is 0 Å². The van der Waals surface area contributed by atoms with Crippen molar-refractivity contribution in [1.82, 2.24) is 0 Å². The van der Waals surface area contributed by atoms with E-state index in [0.29, 0.717) is 22.9 Å². The fourth-order valence-electron chi connectivity index (χ4n) is 3.47. The fourth-order valence-corrected chi connectivity index (χ4v) is 3.47. The summed E-state index contributed by atoms with van der Waals surface area (Å²) in [6, 6.07) is 18.5. The van der Waals surface area contributed by atoms with E-state index >= 15 is 0 Å². The van der Waals surface area contributed by atoms with Gasteiger partial charge in [0.05, 0.1) is 18.4 Å². The van der Waals surface area contributed by atoms with Gasteiger partial charge in [0.1, 0.15) is 17.3 Å². The van der Waals surface area contributed by atoms with E-state index in [2.05, 4.69) is 4.99 Å². The molecule has 6 nitrogen and oxygen atoms in total. The lowest BCUT2D eigenvalue weighted by Crippen LogP contribution is -2.33. The van der Waals surface area contributed by atoms with E-state index in [1.807, 2.05) is 6.07 Å². The molecule has 0 aliphatic carbocycles. The Bertz CT molecular complexity index is 1230. The van der Waals surface area contributed by atoms with Gasteiger partial charge in [0.2, 0.25) is 6.79 Å². The molecule has 0 bridgehead atoms. The molecule has 3 aromatic carbocycles. The highest BCUT2D eigenvalue weighted by molar-refractivity contribution is 6.33. The third kappa shape index (κ3) is 3.40. The van der Waals surface area contributed by atoms with Crippen LogP contribution in [0.3, 0.4) is 0 Å². The number of carbonyl (C=O) groups excluding carboxylic acids is 1. The number of halogens is 1. The Morgan fingerprint density at radius 3 is 2.58 bits per heavy atom. The summed E-state index contributed by atoms with van der Waals surface area (Å²) in [7, 11) is 1.56. The summed E-state index contributed by atoms with van der Waals surface area (Å²) in [6.07, 6.45) is 1.65. The first-order chi connectivity index (χ1) is 15.1. The largest absolute Gasteiger partial charge is 0.497 e. The molecular formula is C24H17FN2O4. The highest BCUT2D eigenvalue weighted by Crippen LogP contribution is 2.34. The van der Waals surface area contributed by atoms with Gasteiger partial charge in [0, 0.05) is 0 Å². The lowest BCUT2D eigenvalue weighted by atomic mass is 10.1. The molecular weight excluding hydrogens is 399 g/mol. The highest BCUT2D eigenvalue weighted by atomic mass is 19.1. The number of anilines is 1. The predicted octanol–water partition coefficient (Wildman–Crippen LogP) is 4.40. The van der Waals surface area contributed by atoms with Crippen molar-refractivity contribution in [2.75, 3.05) is 18.8 Å². The summed E-state index contributed by atoms with van der Waals surface area (Å²) in [5.41, 5.74) is 1.70. The predicted molar refractivity (Wildman–Crippen MR) is 114 cm³/mol. The SMILES string of the molecule is COc1ccc(N2C(=O)/C(=C\c3ccc4c(c3)OCO4)N=C2c2ccccc2F)cc1. The number of hydrogen-bond donors (Lipinski definition) is 0. The summed E-state index contributed by atoms with van der Waals surface area (Å²) < 4.78 is 30.5. The summed E-state index contributed by atoms with van der Waals surface area (Å²) in [6.45, 7) is 0.162. The standard InChI is InChI=1S/C24H17FN2O4/c1-29-17-9-7-16(8-10-17)27-23(18-4-2-3-5-19(18)25)26-20(24(27)28)12-15-6-11-21-22(13-15)31-14-30-21/h2-13H,14H2,1H3/b20-12+. The molecule has 2 aliphatic heterocycles. The zero-order valence-electron chi connectivity index (χ0n) is 16.5. The lowest BCUT2D eigenvalue weighted by Gasteiger charge is -2.19. The average molecular weight is 416 g/mol. The Kier molecular flexibility index (Phi) is 4.63. The van der Waals surface area contributed by atoms with Crippen molar-refractivity contribution < 1.29 is 23.4 Å². The van der Waals surface area contributed by atoms with Crippen LogP contribution in [0.25, 0.3) is 6.08 Å². The van der Waals surface area contributed by atoms with Gasteiger partial charge in [-0.2, -0.15) is 0 Å². The highest BCUT2D eigenvalue weighted by Gasteiger charge is 2.33. The molecule has 0 radical (unpaired) electrons. The number of carbonyl (C=O) groups is 1. The number of fused-ring (bicyclic) bond motifs is 1. The van der Waals surface area contributed by atoms with E-state index < -0.39 is 5.82 Å². The van der Waals surface area contributed by atoms with Gasteiger partial charge < -0.3 is 14.2 Å². The monoisotopic (exact) mass is 416 g/mol. The first kappa shape index (κ1) is 18.9. The molecule has 1 amide bonds. The van der Waals surface area contributed by atoms with Crippen LogP contribution >= 0.6 is 0 Å². The molecule has 2 heterocycles. The van der Waals surface area contributed by atoms with Crippen LogP contribution in [0.15, 0.2) is 77.4 Å². The molecule has 0 N–H and O–H groups in total. The Morgan fingerprint density at radius 2 is 1.81 bits per heavy atom.